The third-order valence-corrected chi connectivity index (χ3v) is 2.09. The zero-order chi connectivity index (χ0) is 12.1. The number of esters is 1. The standard InChI is InChI=1S/C11H12N4O2/c12-11-13-8-15(14-11)6-10(16)17-7-9-4-2-1-3-5-9/h1-5,8H,6-7H2,(H2,12,14). The Bertz CT molecular complexity index is 495. The Labute approximate surface area is 98.0 Å². The van der Waals surface area contributed by atoms with Gasteiger partial charge in [0.1, 0.15) is 19.5 Å². The van der Waals surface area contributed by atoms with Crippen LogP contribution in [0.1, 0.15) is 5.56 Å². The predicted molar refractivity (Wildman–Crippen MR) is 60.7 cm³/mol. The highest BCUT2D eigenvalue weighted by atomic mass is 16.5. The molecule has 88 valence electrons. The molecule has 0 aliphatic heterocycles. The van der Waals surface area contributed by atoms with Gasteiger partial charge in [0.2, 0.25) is 5.95 Å². The monoisotopic (exact) mass is 232 g/mol. The molecule has 2 rings (SSSR count). The summed E-state index contributed by atoms with van der Waals surface area (Å²) >= 11 is 0. The average Bonchev–Trinajstić information content (AvgIpc) is 2.73. The molecule has 0 saturated carbocycles. The van der Waals surface area contributed by atoms with E-state index in [2.05, 4.69) is 10.1 Å². The maximum Gasteiger partial charge on any atom is 0.328 e. The number of hydrogen-bond donors (Lipinski definition) is 1. The number of carbonyl (C=O) groups is 1. The van der Waals surface area contributed by atoms with Crippen LogP contribution in [0.15, 0.2) is 36.7 Å². The van der Waals surface area contributed by atoms with Crippen molar-refractivity contribution in [3.8, 4) is 0 Å². The summed E-state index contributed by atoms with van der Waals surface area (Å²) in [7, 11) is 0. The van der Waals surface area contributed by atoms with Gasteiger partial charge in [0.15, 0.2) is 0 Å². The smallest absolute Gasteiger partial charge is 0.328 e. The van der Waals surface area contributed by atoms with Crippen molar-refractivity contribution in [2.75, 3.05) is 5.73 Å². The molecule has 0 fully saturated rings. The van der Waals surface area contributed by atoms with Crippen LogP contribution in [0.2, 0.25) is 0 Å². The van der Waals surface area contributed by atoms with E-state index in [0.29, 0.717) is 0 Å². The van der Waals surface area contributed by atoms with Crippen LogP contribution >= 0.6 is 0 Å². The molecule has 0 saturated heterocycles. The van der Waals surface area contributed by atoms with Gasteiger partial charge in [-0.2, -0.15) is 0 Å². The molecule has 6 heteroatoms. The van der Waals surface area contributed by atoms with Gasteiger partial charge in [-0.25, -0.2) is 9.67 Å². The minimum absolute atomic E-state index is 0.0109. The zero-order valence-corrected chi connectivity index (χ0v) is 9.11. The van der Waals surface area contributed by atoms with E-state index in [1.54, 1.807) is 0 Å². The van der Waals surface area contributed by atoms with E-state index in [0.717, 1.165) is 5.56 Å². The van der Waals surface area contributed by atoms with Crippen LogP contribution in [0.5, 0.6) is 0 Å². The largest absolute Gasteiger partial charge is 0.459 e. The zero-order valence-electron chi connectivity index (χ0n) is 9.11. The van der Waals surface area contributed by atoms with Gasteiger partial charge >= 0.3 is 5.97 Å². The Morgan fingerprint density at radius 1 is 1.35 bits per heavy atom. The Hall–Kier alpha value is -2.37. The molecule has 0 atom stereocenters. The molecule has 0 bridgehead atoms. The third kappa shape index (κ3) is 3.30. The summed E-state index contributed by atoms with van der Waals surface area (Å²) in [6.07, 6.45) is 1.39. The lowest BCUT2D eigenvalue weighted by atomic mass is 10.2. The van der Waals surface area contributed by atoms with Crippen molar-refractivity contribution in [3.63, 3.8) is 0 Å². The lowest BCUT2D eigenvalue weighted by Crippen LogP contribution is -2.14. The van der Waals surface area contributed by atoms with Gasteiger partial charge < -0.3 is 10.5 Å². The lowest BCUT2D eigenvalue weighted by molar-refractivity contribution is -0.145. The van der Waals surface area contributed by atoms with Gasteiger partial charge in [-0.1, -0.05) is 30.3 Å². The SMILES string of the molecule is Nc1ncn(CC(=O)OCc2ccccc2)n1. The fraction of sp³-hybridized carbons (Fsp3) is 0.182. The lowest BCUT2D eigenvalue weighted by Gasteiger charge is -2.04. The number of anilines is 1. The molecule has 2 N–H and O–H groups in total. The van der Waals surface area contributed by atoms with Crippen LogP contribution in [0.4, 0.5) is 5.95 Å². The number of ether oxygens (including phenoxy) is 1. The predicted octanol–water partition coefficient (Wildman–Crippen LogP) is 0.604. The summed E-state index contributed by atoms with van der Waals surface area (Å²) in [5.41, 5.74) is 6.27. The molecular formula is C11H12N4O2. The topological polar surface area (TPSA) is 83.0 Å². The number of aromatic nitrogens is 3. The number of nitrogens with zero attached hydrogens (tertiary/aromatic N) is 3. The van der Waals surface area contributed by atoms with Crippen LogP contribution < -0.4 is 5.73 Å². The van der Waals surface area contributed by atoms with Crippen LogP contribution in [-0.4, -0.2) is 20.7 Å². The molecule has 0 spiro atoms. The molecule has 0 radical (unpaired) electrons. The molecule has 0 aliphatic rings. The second-order valence-corrected chi connectivity index (χ2v) is 3.45. The second kappa shape index (κ2) is 5.11. The van der Waals surface area contributed by atoms with E-state index in [1.807, 2.05) is 30.3 Å². The average molecular weight is 232 g/mol. The highest BCUT2D eigenvalue weighted by molar-refractivity contribution is 5.69. The van der Waals surface area contributed by atoms with Crippen LogP contribution in [0, 0.1) is 0 Å². The Morgan fingerprint density at radius 3 is 2.76 bits per heavy atom. The fourth-order valence-electron chi connectivity index (χ4n) is 1.30. The summed E-state index contributed by atoms with van der Waals surface area (Å²) in [5, 5.41) is 3.79. The van der Waals surface area contributed by atoms with Crippen molar-refractivity contribution < 1.29 is 9.53 Å². The van der Waals surface area contributed by atoms with Gasteiger partial charge in [0.05, 0.1) is 0 Å². The molecule has 0 amide bonds. The fourth-order valence-corrected chi connectivity index (χ4v) is 1.30. The first kappa shape index (κ1) is 11.1. The number of carbonyl (C=O) groups excluding carboxylic acids is 1. The molecule has 17 heavy (non-hydrogen) atoms. The van der Waals surface area contributed by atoms with E-state index in [9.17, 15) is 4.79 Å². The minimum atomic E-state index is -0.376. The van der Waals surface area contributed by atoms with Gasteiger partial charge in [0, 0.05) is 0 Å². The van der Waals surface area contributed by atoms with Gasteiger partial charge in [-0.15, -0.1) is 5.10 Å². The number of hydrogen-bond acceptors (Lipinski definition) is 5. The molecule has 1 aromatic carbocycles. The first-order chi connectivity index (χ1) is 8.24. The summed E-state index contributed by atoms with van der Waals surface area (Å²) < 4.78 is 6.41. The highest BCUT2D eigenvalue weighted by Crippen LogP contribution is 2.01. The molecule has 6 nitrogen and oxygen atoms in total. The summed E-state index contributed by atoms with van der Waals surface area (Å²) in [6.45, 7) is 0.265. The minimum Gasteiger partial charge on any atom is -0.459 e. The van der Waals surface area contributed by atoms with Crippen LogP contribution in [0.25, 0.3) is 0 Å². The number of benzene rings is 1. The number of nitrogen functional groups attached to an aromatic ring is 1. The maximum absolute atomic E-state index is 11.4. The van der Waals surface area contributed by atoms with Crippen LogP contribution in [0.3, 0.4) is 0 Å². The maximum atomic E-state index is 11.4. The summed E-state index contributed by atoms with van der Waals surface area (Å²) in [5.74, 6) is -0.236. The molecule has 2 aromatic rings. The van der Waals surface area contributed by atoms with Crippen LogP contribution in [-0.2, 0) is 22.7 Å². The first-order valence-corrected chi connectivity index (χ1v) is 5.08. The second-order valence-electron chi connectivity index (χ2n) is 3.45. The van der Waals surface area contributed by atoms with Gasteiger partial charge in [-0.3, -0.25) is 4.79 Å². The van der Waals surface area contributed by atoms with Gasteiger partial charge in [0.25, 0.3) is 0 Å². The molecular weight excluding hydrogens is 220 g/mol. The van der Waals surface area contributed by atoms with E-state index in [1.165, 1.54) is 11.0 Å². The van der Waals surface area contributed by atoms with E-state index < -0.39 is 0 Å². The first-order valence-electron chi connectivity index (χ1n) is 5.08. The normalized spacial score (nSPS) is 10.1. The van der Waals surface area contributed by atoms with E-state index >= 15 is 0 Å². The molecule has 1 aromatic heterocycles. The van der Waals surface area contributed by atoms with Gasteiger partial charge in [-0.05, 0) is 5.56 Å². The number of nitrogens with two attached hydrogens (primary N) is 1. The Morgan fingerprint density at radius 2 is 2.12 bits per heavy atom. The van der Waals surface area contributed by atoms with Crippen molar-refractivity contribution in [1.82, 2.24) is 14.8 Å². The molecule has 0 aliphatic carbocycles. The van der Waals surface area contributed by atoms with E-state index in [4.69, 9.17) is 10.5 Å². The molecule has 1 heterocycles. The van der Waals surface area contributed by atoms with Crippen molar-refractivity contribution in [1.29, 1.82) is 0 Å². The van der Waals surface area contributed by atoms with E-state index in [-0.39, 0.29) is 25.1 Å². The van der Waals surface area contributed by atoms with Crippen molar-refractivity contribution in [2.45, 2.75) is 13.2 Å². The highest BCUT2D eigenvalue weighted by Gasteiger charge is 2.06. The third-order valence-electron chi connectivity index (χ3n) is 2.09. The van der Waals surface area contributed by atoms with Crippen molar-refractivity contribution in [3.05, 3.63) is 42.2 Å². The van der Waals surface area contributed by atoms with Crippen molar-refractivity contribution in [2.24, 2.45) is 0 Å². The Kier molecular flexibility index (Phi) is 3.34. The summed E-state index contributed by atoms with van der Waals surface area (Å²) in [4.78, 5) is 15.2. The number of rotatable bonds is 4. The summed E-state index contributed by atoms with van der Waals surface area (Å²) in [6, 6.07) is 9.47. The molecule has 0 unspecified atom stereocenters. The van der Waals surface area contributed by atoms with Crippen molar-refractivity contribution >= 4 is 11.9 Å². The Balaban J connectivity index is 1.82. The quantitative estimate of drug-likeness (QED) is 0.780.